The van der Waals surface area contributed by atoms with Crippen LogP contribution in [0.25, 0.3) is 0 Å². The number of aromatic hydroxyl groups is 1. The number of phenols is 1. The maximum absolute atomic E-state index is 9.49. The SMILES string of the molecule is CC(C)NC(=NC1CCCC1)Nc1cccc(O)c1. The van der Waals surface area contributed by atoms with Gasteiger partial charge in [0, 0.05) is 17.8 Å². The van der Waals surface area contributed by atoms with Gasteiger partial charge in [0.05, 0.1) is 6.04 Å². The Labute approximate surface area is 114 Å². The van der Waals surface area contributed by atoms with Crippen LogP contribution in [0.3, 0.4) is 0 Å². The number of hydrogen-bond donors (Lipinski definition) is 3. The molecule has 104 valence electrons. The van der Waals surface area contributed by atoms with E-state index in [1.54, 1.807) is 12.1 Å². The Hall–Kier alpha value is -1.71. The lowest BCUT2D eigenvalue weighted by atomic mass is 10.3. The fourth-order valence-electron chi connectivity index (χ4n) is 2.32. The lowest BCUT2D eigenvalue weighted by molar-refractivity contribution is 0.475. The van der Waals surface area contributed by atoms with Crippen LogP contribution < -0.4 is 10.6 Å². The monoisotopic (exact) mass is 261 g/mol. The van der Waals surface area contributed by atoms with E-state index >= 15 is 0 Å². The van der Waals surface area contributed by atoms with Crippen LogP contribution in [0.15, 0.2) is 29.3 Å². The molecule has 0 aliphatic heterocycles. The second-order valence-corrected chi connectivity index (χ2v) is 5.39. The second kappa shape index (κ2) is 6.45. The van der Waals surface area contributed by atoms with Crippen molar-refractivity contribution in [3.8, 4) is 5.75 Å². The summed E-state index contributed by atoms with van der Waals surface area (Å²) in [6.45, 7) is 4.18. The van der Waals surface area contributed by atoms with E-state index < -0.39 is 0 Å². The molecule has 1 saturated carbocycles. The molecule has 0 atom stereocenters. The number of benzene rings is 1. The first-order valence-electron chi connectivity index (χ1n) is 7.04. The summed E-state index contributed by atoms with van der Waals surface area (Å²) in [5.41, 5.74) is 0.852. The van der Waals surface area contributed by atoms with Crippen molar-refractivity contribution >= 4 is 11.6 Å². The van der Waals surface area contributed by atoms with Gasteiger partial charge in [0.2, 0.25) is 0 Å². The van der Waals surface area contributed by atoms with Crippen molar-refractivity contribution in [2.75, 3.05) is 5.32 Å². The molecular weight excluding hydrogens is 238 g/mol. The zero-order valence-corrected chi connectivity index (χ0v) is 11.7. The van der Waals surface area contributed by atoms with E-state index in [1.165, 1.54) is 25.7 Å². The quantitative estimate of drug-likeness (QED) is 0.579. The first-order chi connectivity index (χ1) is 9.13. The Balaban J connectivity index is 2.08. The Kier molecular flexibility index (Phi) is 4.66. The summed E-state index contributed by atoms with van der Waals surface area (Å²) in [6, 6.07) is 7.85. The highest BCUT2D eigenvalue weighted by Crippen LogP contribution is 2.21. The smallest absolute Gasteiger partial charge is 0.196 e. The van der Waals surface area contributed by atoms with Crippen molar-refractivity contribution in [3.05, 3.63) is 24.3 Å². The number of nitrogens with zero attached hydrogens (tertiary/aromatic N) is 1. The molecule has 0 heterocycles. The molecular formula is C15H23N3O. The zero-order valence-electron chi connectivity index (χ0n) is 11.7. The Morgan fingerprint density at radius 1 is 1.32 bits per heavy atom. The third kappa shape index (κ3) is 4.47. The zero-order chi connectivity index (χ0) is 13.7. The molecule has 0 bridgehead atoms. The molecule has 1 fully saturated rings. The molecule has 4 nitrogen and oxygen atoms in total. The molecule has 0 saturated heterocycles. The molecule has 0 aromatic heterocycles. The molecule has 0 spiro atoms. The first-order valence-corrected chi connectivity index (χ1v) is 7.04. The van der Waals surface area contributed by atoms with Gasteiger partial charge in [0.25, 0.3) is 0 Å². The van der Waals surface area contributed by atoms with E-state index in [0.29, 0.717) is 12.1 Å². The average Bonchev–Trinajstić information content (AvgIpc) is 2.80. The molecule has 4 heteroatoms. The highest BCUT2D eigenvalue weighted by molar-refractivity contribution is 5.94. The maximum atomic E-state index is 9.49. The predicted molar refractivity (Wildman–Crippen MR) is 79.7 cm³/mol. The summed E-state index contributed by atoms with van der Waals surface area (Å²) in [5.74, 6) is 1.06. The number of nitrogens with one attached hydrogen (secondary N) is 2. The molecule has 0 unspecified atom stereocenters. The molecule has 1 aliphatic rings. The normalized spacial score (nSPS) is 16.9. The van der Waals surface area contributed by atoms with Gasteiger partial charge < -0.3 is 15.7 Å². The highest BCUT2D eigenvalue weighted by Gasteiger charge is 2.15. The fraction of sp³-hybridized carbons (Fsp3) is 0.533. The Morgan fingerprint density at radius 3 is 2.68 bits per heavy atom. The molecule has 0 amide bonds. The van der Waals surface area contributed by atoms with Gasteiger partial charge in [0.1, 0.15) is 5.75 Å². The van der Waals surface area contributed by atoms with Crippen LogP contribution in [0.4, 0.5) is 5.69 Å². The van der Waals surface area contributed by atoms with Crippen molar-refractivity contribution in [3.63, 3.8) is 0 Å². The number of rotatable bonds is 3. The van der Waals surface area contributed by atoms with Gasteiger partial charge >= 0.3 is 0 Å². The largest absolute Gasteiger partial charge is 0.508 e. The summed E-state index contributed by atoms with van der Waals surface area (Å²) < 4.78 is 0. The van der Waals surface area contributed by atoms with E-state index in [4.69, 9.17) is 4.99 Å². The third-order valence-corrected chi connectivity index (χ3v) is 3.17. The van der Waals surface area contributed by atoms with E-state index in [0.717, 1.165) is 11.6 Å². The maximum Gasteiger partial charge on any atom is 0.196 e. The van der Waals surface area contributed by atoms with Gasteiger partial charge in [-0.1, -0.05) is 18.9 Å². The van der Waals surface area contributed by atoms with Gasteiger partial charge in [-0.05, 0) is 38.8 Å². The molecule has 3 N–H and O–H groups in total. The topological polar surface area (TPSA) is 56.7 Å². The molecule has 2 rings (SSSR count). The van der Waals surface area contributed by atoms with Crippen molar-refractivity contribution in [2.24, 2.45) is 4.99 Å². The van der Waals surface area contributed by atoms with Gasteiger partial charge in [0.15, 0.2) is 5.96 Å². The fourth-order valence-corrected chi connectivity index (χ4v) is 2.32. The molecule has 1 aromatic carbocycles. The number of phenolic OH excluding ortho intramolecular Hbond substituents is 1. The minimum atomic E-state index is 0.259. The summed E-state index contributed by atoms with van der Waals surface area (Å²) in [6.07, 6.45) is 4.89. The van der Waals surface area contributed by atoms with Crippen LogP contribution >= 0.6 is 0 Å². The van der Waals surface area contributed by atoms with E-state index in [2.05, 4.69) is 24.5 Å². The third-order valence-electron chi connectivity index (χ3n) is 3.17. The van der Waals surface area contributed by atoms with Gasteiger partial charge in [-0.3, -0.25) is 0 Å². The number of anilines is 1. The van der Waals surface area contributed by atoms with Gasteiger partial charge in [-0.2, -0.15) is 0 Å². The highest BCUT2D eigenvalue weighted by atomic mass is 16.3. The Morgan fingerprint density at radius 2 is 2.05 bits per heavy atom. The van der Waals surface area contributed by atoms with Crippen LogP contribution in [0.5, 0.6) is 5.75 Å². The summed E-state index contributed by atoms with van der Waals surface area (Å²) in [5, 5.41) is 16.1. The van der Waals surface area contributed by atoms with Crippen molar-refractivity contribution in [2.45, 2.75) is 51.6 Å². The van der Waals surface area contributed by atoms with Crippen LogP contribution in [0, 0.1) is 0 Å². The van der Waals surface area contributed by atoms with Crippen LogP contribution in [-0.2, 0) is 0 Å². The minimum absolute atomic E-state index is 0.259. The van der Waals surface area contributed by atoms with Crippen LogP contribution in [0.1, 0.15) is 39.5 Å². The van der Waals surface area contributed by atoms with Crippen molar-refractivity contribution in [1.29, 1.82) is 0 Å². The van der Waals surface area contributed by atoms with Crippen LogP contribution in [-0.4, -0.2) is 23.1 Å². The molecule has 1 aromatic rings. The standard InChI is InChI=1S/C15H23N3O/c1-11(2)16-15(17-12-6-3-4-7-12)18-13-8-5-9-14(19)10-13/h5,8-12,19H,3-4,6-7H2,1-2H3,(H2,16,17,18). The lowest BCUT2D eigenvalue weighted by Gasteiger charge is -2.17. The van der Waals surface area contributed by atoms with Crippen molar-refractivity contribution < 1.29 is 5.11 Å². The number of aliphatic imine (C=N–C) groups is 1. The number of hydrogen-bond acceptors (Lipinski definition) is 2. The van der Waals surface area contributed by atoms with Gasteiger partial charge in [-0.15, -0.1) is 0 Å². The van der Waals surface area contributed by atoms with Crippen molar-refractivity contribution in [1.82, 2.24) is 5.32 Å². The molecule has 0 radical (unpaired) electrons. The second-order valence-electron chi connectivity index (χ2n) is 5.39. The summed E-state index contributed by atoms with van der Waals surface area (Å²) in [4.78, 5) is 4.75. The first kappa shape index (κ1) is 13.7. The molecule has 19 heavy (non-hydrogen) atoms. The average molecular weight is 261 g/mol. The van der Waals surface area contributed by atoms with E-state index in [9.17, 15) is 5.11 Å². The lowest BCUT2D eigenvalue weighted by Crippen LogP contribution is -2.36. The van der Waals surface area contributed by atoms with Crippen LogP contribution in [0.2, 0.25) is 0 Å². The van der Waals surface area contributed by atoms with Gasteiger partial charge in [-0.25, -0.2) is 4.99 Å². The number of guanidine groups is 1. The predicted octanol–water partition coefficient (Wildman–Crippen LogP) is 3.10. The van der Waals surface area contributed by atoms with E-state index in [1.807, 2.05) is 12.1 Å². The molecule has 1 aliphatic carbocycles. The summed E-state index contributed by atoms with van der Waals surface area (Å²) in [7, 11) is 0. The minimum Gasteiger partial charge on any atom is -0.508 e. The Bertz CT molecular complexity index is 437. The summed E-state index contributed by atoms with van der Waals surface area (Å²) >= 11 is 0. The van der Waals surface area contributed by atoms with E-state index in [-0.39, 0.29) is 5.75 Å².